The number of carbonyl (C=O) groups excluding carboxylic acids is 3. The van der Waals surface area contributed by atoms with Gasteiger partial charge in [0.25, 0.3) is 5.91 Å². The molecule has 2 aromatic carbocycles. The summed E-state index contributed by atoms with van der Waals surface area (Å²) in [6.45, 7) is 2.79. The molecule has 33 heavy (non-hydrogen) atoms. The van der Waals surface area contributed by atoms with Crippen molar-refractivity contribution in [2.24, 2.45) is 10.9 Å². The van der Waals surface area contributed by atoms with Crippen LogP contribution in [0.25, 0.3) is 0 Å². The van der Waals surface area contributed by atoms with Crippen LogP contribution in [0, 0.1) is 0 Å². The van der Waals surface area contributed by atoms with Gasteiger partial charge in [0.15, 0.2) is 18.2 Å². The Hall–Kier alpha value is -4.41. The zero-order chi connectivity index (χ0) is 24.4. The summed E-state index contributed by atoms with van der Waals surface area (Å²) in [6.07, 6.45) is -0.988. The lowest BCUT2D eigenvalue weighted by Crippen LogP contribution is -2.38. The molecule has 11 nitrogen and oxygen atoms in total. The minimum absolute atomic E-state index is 0.0886. The van der Waals surface area contributed by atoms with Crippen LogP contribution in [0.5, 0.6) is 5.75 Å². The monoisotopic (exact) mass is 457 g/mol. The van der Waals surface area contributed by atoms with Crippen molar-refractivity contribution < 1.29 is 38.6 Å². The minimum Gasteiger partial charge on any atom is -0.482 e. The molecule has 0 aromatic heterocycles. The fraction of sp³-hybridized carbons (Fsp3) is 0.227. The minimum atomic E-state index is -1.11. The molecule has 0 saturated heterocycles. The molecule has 2 rings (SSSR count). The van der Waals surface area contributed by atoms with Gasteiger partial charge in [-0.2, -0.15) is 0 Å². The van der Waals surface area contributed by atoms with Crippen LogP contribution in [-0.4, -0.2) is 54.0 Å². The molecular weight excluding hydrogens is 434 g/mol. The van der Waals surface area contributed by atoms with Crippen molar-refractivity contribution in [3.8, 4) is 5.75 Å². The van der Waals surface area contributed by atoms with Gasteiger partial charge < -0.3 is 25.6 Å². The van der Waals surface area contributed by atoms with Crippen LogP contribution >= 0.6 is 0 Å². The maximum atomic E-state index is 12.6. The second-order valence-corrected chi connectivity index (χ2v) is 6.59. The topological polar surface area (TPSA) is 167 Å². The Kier molecular flexibility index (Phi) is 8.92. The predicted molar refractivity (Wildman–Crippen MR) is 116 cm³/mol. The van der Waals surface area contributed by atoms with Crippen molar-refractivity contribution in [2.75, 3.05) is 13.2 Å². The van der Waals surface area contributed by atoms with E-state index in [1.165, 1.54) is 48.5 Å². The number of oxime groups is 1. The van der Waals surface area contributed by atoms with Crippen LogP contribution in [0.15, 0.2) is 53.7 Å². The standard InChI is InChI=1S/C22H23N3O8/c1-3-31-22(30)33-25-20(23)15-4-6-16(7-5-15)21(29)24-13(2)19(28)14-8-10-17(11-9-14)32-12-18(26)27/h4-11,13H,3,12H2,1-2H3,(H2,23,25)(H,24,29)(H,26,27). The Morgan fingerprint density at radius 2 is 1.58 bits per heavy atom. The molecule has 2 aromatic rings. The highest BCUT2D eigenvalue weighted by atomic mass is 16.8. The number of carboxylic acids is 1. The largest absolute Gasteiger partial charge is 0.535 e. The number of Topliss-reactive ketones (excluding diaryl/α,β-unsaturated/α-hetero) is 1. The molecule has 0 heterocycles. The third-order valence-corrected chi connectivity index (χ3v) is 4.17. The van der Waals surface area contributed by atoms with E-state index in [4.69, 9.17) is 15.6 Å². The first-order chi connectivity index (χ1) is 15.7. The molecule has 0 aliphatic carbocycles. The van der Waals surface area contributed by atoms with Crippen LogP contribution in [0.3, 0.4) is 0 Å². The highest BCUT2D eigenvalue weighted by molar-refractivity contribution is 6.04. The second-order valence-electron chi connectivity index (χ2n) is 6.59. The molecule has 0 radical (unpaired) electrons. The summed E-state index contributed by atoms with van der Waals surface area (Å²) in [7, 11) is 0. The van der Waals surface area contributed by atoms with Gasteiger partial charge in [-0.3, -0.25) is 14.4 Å². The van der Waals surface area contributed by atoms with Crippen molar-refractivity contribution in [3.05, 3.63) is 65.2 Å². The molecule has 4 N–H and O–H groups in total. The summed E-state index contributed by atoms with van der Waals surface area (Å²) in [6, 6.07) is 11.0. The number of ketones is 1. The van der Waals surface area contributed by atoms with Gasteiger partial charge in [0.1, 0.15) is 5.75 Å². The Balaban J connectivity index is 1.95. The third kappa shape index (κ3) is 7.65. The van der Waals surface area contributed by atoms with E-state index in [2.05, 4.69) is 20.0 Å². The van der Waals surface area contributed by atoms with Crippen LogP contribution in [0.1, 0.15) is 40.1 Å². The second kappa shape index (κ2) is 11.8. The molecule has 0 saturated carbocycles. The zero-order valence-electron chi connectivity index (χ0n) is 17.9. The molecule has 1 amide bonds. The molecule has 0 bridgehead atoms. The average molecular weight is 457 g/mol. The van der Waals surface area contributed by atoms with Crippen molar-refractivity contribution in [1.82, 2.24) is 5.32 Å². The lowest BCUT2D eigenvalue weighted by Gasteiger charge is -2.13. The van der Waals surface area contributed by atoms with Gasteiger partial charge in [-0.1, -0.05) is 17.3 Å². The molecule has 1 unspecified atom stereocenters. The molecule has 0 spiro atoms. The SMILES string of the molecule is CCOC(=O)ON=C(N)c1ccc(C(=O)NC(C)C(=O)c2ccc(OCC(=O)O)cc2)cc1. The molecule has 174 valence electrons. The van der Waals surface area contributed by atoms with Gasteiger partial charge in [0.05, 0.1) is 12.6 Å². The van der Waals surface area contributed by atoms with Gasteiger partial charge in [-0.15, -0.1) is 0 Å². The van der Waals surface area contributed by atoms with E-state index in [1.54, 1.807) is 13.8 Å². The summed E-state index contributed by atoms with van der Waals surface area (Å²) < 4.78 is 9.58. The van der Waals surface area contributed by atoms with E-state index >= 15 is 0 Å². The van der Waals surface area contributed by atoms with E-state index < -0.39 is 30.7 Å². The highest BCUT2D eigenvalue weighted by Gasteiger charge is 2.18. The number of aliphatic carboxylic acids is 1. The van der Waals surface area contributed by atoms with E-state index in [0.29, 0.717) is 16.9 Å². The Labute approximate surface area is 189 Å². The lowest BCUT2D eigenvalue weighted by atomic mass is 10.0. The summed E-state index contributed by atoms with van der Waals surface area (Å²) in [4.78, 5) is 51.2. The quantitative estimate of drug-likeness (QED) is 0.121. The van der Waals surface area contributed by atoms with Crippen LogP contribution in [0.2, 0.25) is 0 Å². The van der Waals surface area contributed by atoms with Crippen molar-refractivity contribution in [1.29, 1.82) is 0 Å². The smallest absolute Gasteiger partial charge is 0.482 e. The summed E-state index contributed by atoms with van der Waals surface area (Å²) >= 11 is 0. The van der Waals surface area contributed by atoms with Crippen molar-refractivity contribution >= 4 is 29.7 Å². The number of amidine groups is 1. The van der Waals surface area contributed by atoms with Gasteiger partial charge in [0, 0.05) is 16.7 Å². The maximum Gasteiger partial charge on any atom is 0.535 e. The number of rotatable bonds is 10. The Morgan fingerprint density at radius 3 is 2.15 bits per heavy atom. The maximum absolute atomic E-state index is 12.6. The van der Waals surface area contributed by atoms with Crippen LogP contribution < -0.4 is 15.8 Å². The van der Waals surface area contributed by atoms with Gasteiger partial charge >= 0.3 is 12.1 Å². The van der Waals surface area contributed by atoms with E-state index in [-0.39, 0.29) is 23.8 Å². The highest BCUT2D eigenvalue weighted by Crippen LogP contribution is 2.14. The van der Waals surface area contributed by atoms with Gasteiger partial charge in [-0.25, -0.2) is 9.59 Å². The average Bonchev–Trinajstić information content (AvgIpc) is 2.81. The number of benzene rings is 2. The zero-order valence-corrected chi connectivity index (χ0v) is 17.9. The molecular formula is C22H23N3O8. The summed E-state index contributed by atoms with van der Waals surface area (Å²) in [5.41, 5.74) is 6.73. The number of ether oxygens (including phenoxy) is 2. The number of carbonyl (C=O) groups is 4. The molecule has 0 aliphatic heterocycles. The van der Waals surface area contributed by atoms with E-state index in [0.717, 1.165) is 0 Å². The molecule has 0 aliphatic rings. The van der Waals surface area contributed by atoms with Gasteiger partial charge in [-0.05, 0) is 50.2 Å². The lowest BCUT2D eigenvalue weighted by molar-refractivity contribution is -0.139. The summed E-state index contributed by atoms with van der Waals surface area (Å²) in [5, 5.41) is 14.7. The van der Waals surface area contributed by atoms with E-state index in [9.17, 15) is 19.2 Å². The Morgan fingerprint density at radius 1 is 1.00 bits per heavy atom. The number of hydrogen-bond acceptors (Lipinski definition) is 8. The molecule has 1 atom stereocenters. The number of nitrogens with zero attached hydrogens (tertiary/aromatic N) is 1. The summed E-state index contributed by atoms with van der Waals surface area (Å²) in [5.74, 6) is -1.71. The number of nitrogens with two attached hydrogens (primary N) is 1. The molecule has 11 heteroatoms. The van der Waals surface area contributed by atoms with Crippen LogP contribution in [0.4, 0.5) is 4.79 Å². The van der Waals surface area contributed by atoms with E-state index in [1.807, 2.05) is 0 Å². The normalized spacial score (nSPS) is 11.8. The molecule has 0 fully saturated rings. The third-order valence-electron chi connectivity index (χ3n) is 4.17. The first-order valence-electron chi connectivity index (χ1n) is 9.78. The van der Waals surface area contributed by atoms with Gasteiger partial charge in [0.2, 0.25) is 0 Å². The number of nitrogens with one attached hydrogen (secondary N) is 1. The van der Waals surface area contributed by atoms with Crippen molar-refractivity contribution in [2.45, 2.75) is 19.9 Å². The van der Waals surface area contributed by atoms with Crippen LogP contribution in [-0.2, 0) is 14.4 Å². The Bertz CT molecular complexity index is 1030. The first-order valence-corrected chi connectivity index (χ1v) is 9.78. The number of carboxylic acid groups (broad SMARTS) is 1. The fourth-order valence-electron chi connectivity index (χ4n) is 2.53. The predicted octanol–water partition coefficient (Wildman–Crippen LogP) is 1.94. The number of amides is 1. The van der Waals surface area contributed by atoms with Crippen molar-refractivity contribution in [3.63, 3.8) is 0 Å². The first kappa shape index (κ1) is 24.9. The number of hydrogen-bond donors (Lipinski definition) is 3. The fourth-order valence-corrected chi connectivity index (χ4v) is 2.53.